The van der Waals surface area contributed by atoms with Crippen LogP contribution in [0.15, 0.2) is 42.5 Å². The highest BCUT2D eigenvalue weighted by atomic mass is 16.5. The smallest absolute Gasteiger partial charge is 0.307 e. The van der Waals surface area contributed by atoms with E-state index in [1.54, 1.807) is 6.33 Å². The van der Waals surface area contributed by atoms with Gasteiger partial charge in [0.2, 0.25) is 0 Å². The maximum Gasteiger partial charge on any atom is 0.307 e. The lowest BCUT2D eigenvalue weighted by atomic mass is 9.34. The highest BCUT2D eigenvalue weighted by Crippen LogP contribution is 2.75. The largest absolute Gasteiger partial charge is 0.481 e. The first-order valence-corrected chi connectivity index (χ1v) is 20.4. The minimum absolute atomic E-state index is 0.115. The summed E-state index contributed by atoms with van der Waals surface area (Å²) < 4.78 is 16.1. The van der Waals surface area contributed by atoms with Crippen LogP contribution in [0.25, 0.3) is 11.4 Å². The van der Waals surface area contributed by atoms with Crippen LogP contribution in [0.3, 0.4) is 0 Å². The Labute approximate surface area is 318 Å². The second-order valence-electron chi connectivity index (χ2n) is 20.8. The van der Waals surface area contributed by atoms with Crippen molar-refractivity contribution in [1.82, 2.24) is 19.7 Å². The van der Waals surface area contributed by atoms with Gasteiger partial charge in [-0.15, -0.1) is 0 Å². The molecular formula is C44H67N5O4. The van der Waals surface area contributed by atoms with E-state index in [4.69, 9.17) is 25.3 Å². The maximum atomic E-state index is 13.6. The van der Waals surface area contributed by atoms with Crippen LogP contribution in [-0.2, 0) is 14.3 Å². The molecule has 0 amide bonds. The molecule has 292 valence electrons. The van der Waals surface area contributed by atoms with Crippen molar-refractivity contribution in [3.63, 3.8) is 0 Å². The van der Waals surface area contributed by atoms with Gasteiger partial charge in [0.25, 0.3) is 0 Å². The average molecular weight is 730 g/mol. The summed E-state index contributed by atoms with van der Waals surface area (Å²) in [6, 6.07) is 3.89. The van der Waals surface area contributed by atoms with Crippen molar-refractivity contribution in [2.24, 2.45) is 67.8 Å². The Balaban J connectivity index is 1.35. The number of nitrogens with two attached hydrogens (primary N) is 1. The SMILES string of the molecule is CC(C)[C@@H](C)[C@@]1(C)CC[C@]2(C)[C@H]3CC[C@@H]4C5(COC[C@]4(C)[C@@H](OC[C@@](C)(N)C(C)(C)C)[C@H](n4ncnc4-c4ccncc4)C5)C3=CC[C@@]2(C)[C@@H]1C(=O)O. The predicted octanol–water partition coefficient (Wildman–Crippen LogP) is 8.62. The third-order valence-electron chi connectivity index (χ3n) is 17.2. The normalized spacial score (nSPS) is 41.4. The minimum atomic E-state index is -0.625. The van der Waals surface area contributed by atoms with Crippen molar-refractivity contribution < 1.29 is 19.4 Å². The Morgan fingerprint density at radius 2 is 1.75 bits per heavy atom. The summed E-state index contributed by atoms with van der Waals surface area (Å²) >= 11 is 0. The van der Waals surface area contributed by atoms with Crippen LogP contribution >= 0.6 is 0 Å². The number of allylic oxidation sites excluding steroid dienone is 1. The molecule has 12 atom stereocenters. The number of carboxylic acid groups (broad SMARTS) is 1. The zero-order valence-corrected chi connectivity index (χ0v) is 34.4. The van der Waals surface area contributed by atoms with Gasteiger partial charge in [0.1, 0.15) is 6.33 Å². The van der Waals surface area contributed by atoms with Gasteiger partial charge >= 0.3 is 5.97 Å². The third kappa shape index (κ3) is 5.47. The lowest BCUT2D eigenvalue weighted by Crippen LogP contribution is -2.69. The van der Waals surface area contributed by atoms with Gasteiger partial charge in [-0.25, -0.2) is 9.67 Å². The second kappa shape index (κ2) is 12.7. The van der Waals surface area contributed by atoms with E-state index < -0.39 is 17.4 Å². The van der Waals surface area contributed by atoms with Crippen molar-refractivity contribution >= 4 is 5.97 Å². The predicted molar refractivity (Wildman–Crippen MR) is 208 cm³/mol. The number of carbonyl (C=O) groups is 1. The molecule has 0 spiro atoms. The fraction of sp³-hybridized carbons (Fsp3) is 0.773. The van der Waals surface area contributed by atoms with Crippen LogP contribution < -0.4 is 5.73 Å². The fourth-order valence-electron chi connectivity index (χ4n) is 12.8. The number of hydrogen-bond acceptors (Lipinski definition) is 7. The number of aliphatic carboxylic acids is 1. The Morgan fingerprint density at radius 1 is 1.06 bits per heavy atom. The second-order valence-corrected chi connectivity index (χ2v) is 20.8. The van der Waals surface area contributed by atoms with Gasteiger partial charge in [-0.1, -0.05) is 80.9 Å². The fourth-order valence-corrected chi connectivity index (χ4v) is 12.8. The van der Waals surface area contributed by atoms with E-state index in [2.05, 4.69) is 91.9 Å². The number of pyridine rings is 1. The molecule has 1 unspecified atom stereocenters. The van der Waals surface area contributed by atoms with Crippen LogP contribution in [0.4, 0.5) is 0 Å². The van der Waals surface area contributed by atoms with Crippen molar-refractivity contribution in [3.8, 4) is 11.4 Å². The molecule has 2 aromatic rings. The summed E-state index contributed by atoms with van der Waals surface area (Å²) in [5.41, 5.74) is 7.43. The van der Waals surface area contributed by atoms with E-state index in [1.165, 1.54) is 5.57 Å². The monoisotopic (exact) mass is 730 g/mol. The Kier molecular flexibility index (Phi) is 9.26. The summed E-state index contributed by atoms with van der Waals surface area (Å²) in [5.74, 6) is 1.12. The van der Waals surface area contributed by atoms with Gasteiger partial charge in [-0.2, -0.15) is 5.10 Å². The van der Waals surface area contributed by atoms with E-state index in [9.17, 15) is 9.90 Å². The molecule has 4 fully saturated rings. The molecule has 4 aliphatic carbocycles. The number of hydrogen-bond donors (Lipinski definition) is 2. The number of nitrogens with zero attached hydrogens (tertiary/aromatic N) is 4. The molecule has 9 heteroatoms. The van der Waals surface area contributed by atoms with Crippen molar-refractivity contribution in [2.75, 3.05) is 19.8 Å². The Morgan fingerprint density at radius 3 is 2.40 bits per heavy atom. The van der Waals surface area contributed by atoms with Crippen LogP contribution in [0, 0.1) is 62.1 Å². The first-order valence-electron chi connectivity index (χ1n) is 20.4. The highest BCUT2D eigenvalue weighted by molar-refractivity contribution is 5.73. The number of fused-ring (bicyclic) bond motifs is 3. The molecular weight excluding hydrogens is 663 g/mol. The van der Waals surface area contributed by atoms with Crippen molar-refractivity contribution in [2.45, 2.75) is 132 Å². The van der Waals surface area contributed by atoms with E-state index in [1.807, 2.05) is 24.5 Å². The van der Waals surface area contributed by atoms with Gasteiger partial charge in [0.15, 0.2) is 5.82 Å². The van der Waals surface area contributed by atoms with E-state index >= 15 is 0 Å². The number of carboxylic acids is 1. The number of aromatic nitrogens is 4. The van der Waals surface area contributed by atoms with Crippen LogP contribution in [0.5, 0.6) is 0 Å². The molecule has 5 aliphatic rings. The number of rotatable bonds is 8. The lowest BCUT2D eigenvalue weighted by molar-refractivity contribution is -0.253. The molecule has 3 heterocycles. The minimum Gasteiger partial charge on any atom is -0.481 e. The summed E-state index contributed by atoms with van der Waals surface area (Å²) in [5, 5.41) is 16.1. The molecule has 53 heavy (non-hydrogen) atoms. The molecule has 0 radical (unpaired) electrons. The average Bonchev–Trinajstić information content (AvgIpc) is 3.57. The van der Waals surface area contributed by atoms with Gasteiger partial charge in [-0.05, 0) is 103 Å². The first-order chi connectivity index (χ1) is 24.7. The van der Waals surface area contributed by atoms with E-state index in [0.717, 1.165) is 49.9 Å². The van der Waals surface area contributed by atoms with Crippen molar-refractivity contribution in [1.29, 1.82) is 0 Å². The molecule has 3 N–H and O–H groups in total. The summed E-state index contributed by atoms with van der Waals surface area (Å²) in [4.78, 5) is 22.7. The molecule has 3 saturated carbocycles. The zero-order valence-electron chi connectivity index (χ0n) is 34.4. The van der Waals surface area contributed by atoms with Crippen LogP contribution in [-0.4, -0.2) is 62.3 Å². The number of ether oxygens (including phenoxy) is 2. The molecule has 1 saturated heterocycles. The topological polar surface area (TPSA) is 125 Å². The lowest BCUT2D eigenvalue weighted by Gasteiger charge is -2.71. The van der Waals surface area contributed by atoms with Gasteiger partial charge in [0, 0.05) is 34.3 Å². The molecule has 7 rings (SSSR count). The van der Waals surface area contributed by atoms with Gasteiger partial charge < -0.3 is 20.3 Å². The third-order valence-corrected chi connectivity index (χ3v) is 17.2. The van der Waals surface area contributed by atoms with Crippen LogP contribution in [0.1, 0.15) is 121 Å². The molecule has 2 bridgehead atoms. The molecule has 2 aromatic heterocycles. The molecule has 9 nitrogen and oxygen atoms in total. The Hall–Kier alpha value is -2.62. The van der Waals surface area contributed by atoms with Crippen LogP contribution in [0.2, 0.25) is 0 Å². The highest BCUT2D eigenvalue weighted by Gasteiger charge is 2.72. The maximum absolute atomic E-state index is 13.6. The van der Waals surface area contributed by atoms with E-state index in [0.29, 0.717) is 37.6 Å². The summed E-state index contributed by atoms with van der Waals surface area (Å²) in [6.45, 7) is 26.6. The summed E-state index contributed by atoms with van der Waals surface area (Å²) in [6.07, 6.45) is 13.3. The first kappa shape index (κ1) is 38.6. The quantitative estimate of drug-likeness (QED) is 0.259. The molecule has 1 aliphatic heterocycles. The zero-order chi connectivity index (χ0) is 38.6. The molecule has 0 aromatic carbocycles. The summed E-state index contributed by atoms with van der Waals surface area (Å²) in [7, 11) is 0. The Bertz CT molecular complexity index is 1730. The van der Waals surface area contributed by atoms with Gasteiger partial charge in [-0.3, -0.25) is 9.78 Å². The van der Waals surface area contributed by atoms with E-state index in [-0.39, 0.29) is 50.6 Å². The standard InChI is InChI=1S/C44H67N5O4/c1-27(2)28(3)39(7)18-19-41(9)30-12-13-33-40(8)23-52-25-44(33,31(30)14-17-42(41,10)34(39)37(50)51)22-32(35(40)53-24-43(11,45)38(4,5)6)49-36(47-26-48-49)29-15-20-46-21-16-29/h14-16,20-21,26-28,30,32-35H,12-13,17-19,22-25,45H2,1-11H3,(H,50,51)/t28-,30+,32-,33+,34-,35+,39-,40+,41-,42+,43-,44?/m1/s1. The van der Waals surface area contributed by atoms with Gasteiger partial charge in [0.05, 0.1) is 37.9 Å². The van der Waals surface area contributed by atoms with Crippen molar-refractivity contribution in [3.05, 3.63) is 42.5 Å².